The Balaban J connectivity index is 1.49. The highest BCUT2D eigenvalue weighted by Crippen LogP contribution is 2.38. The molecule has 1 aliphatic carbocycles. The van der Waals surface area contributed by atoms with Crippen molar-refractivity contribution in [2.45, 2.75) is 25.0 Å². The number of amides is 1. The molecule has 1 amide bonds. The standard InChI is InChI=1S/C19H19NO3/c21-19(20-16-12-18-14(16)10-11-22-18)15-8-4-5-9-17(15)23-13-6-2-1-3-7-13/h1-9,14,16,18H,10-12H2,(H,20,21)/t14-,16+,18+/m0/s1. The summed E-state index contributed by atoms with van der Waals surface area (Å²) < 4.78 is 11.5. The molecule has 1 saturated heterocycles. The highest BCUT2D eigenvalue weighted by Gasteiger charge is 2.45. The predicted molar refractivity (Wildman–Crippen MR) is 86.7 cm³/mol. The molecule has 0 bridgehead atoms. The molecule has 0 radical (unpaired) electrons. The minimum absolute atomic E-state index is 0.0770. The summed E-state index contributed by atoms with van der Waals surface area (Å²) in [5.41, 5.74) is 0.568. The van der Waals surface area contributed by atoms with Crippen LogP contribution in [0.1, 0.15) is 23.2 Å². The van der Waals surface area contributed by atoms with E-state index in [1.807, 2.05) is 48.5 Å². The molecule has 2 aliphatic rings. The third-order valence-electron chi connectivity index (χ3n) is 4.68. The molecule has 4 heteroatoms. The zero-order valence-corrected chi connectivity index (χ0v) is 12.8. The van der Waals surface area contributed by atoms with Crippen LogP contribution >= 0.6 is 0 Å². The third-order valence-corrected chi connectivity index (χ3v) is 4.68. The first-order valence-corrected chi connectivity index (χ1v) is 8.05. The fraction of sp³-hybridized carbons (Fsp3) is 0.316. The van der Waals surface area contributed by atoms with Crippen molar-refractivity contribution in [2.75, 3.05) is 6.61 Å². The van der Waals surface area contributed by atoms with Crippen molar-refractivity contribution in [1.29, 1.82) is 0 Å². The van der Waals surface area contributed by atoms with E-state index < -0.39 is 0 Å². The molecule has 2 fully saturated rings. The Labute approximate surface area is 135 Å². The molecular formula is C19H19NO3. The summed E-state index contributed by atoms with van der Waals surface area (Å²) in [4.78, 5) is 12.6. The molecule has 2 aromatic carbocycles. The number of para-hydroxylation sites is 2. The number of hydrogen-bond acceptors (Lipinski definition) is 3. The van der Waals surface area contributed by atoms with Crippen molar-refractivity contribution in [3.8, 4) is 11.5 Å². The third kappa shape index (κ3) is 2.82. The maximum Gasteiger partial charge on any atom is 0.255 e. The maximum atomic E-state index is 12.6. The second-order valence-corrected chi connectivity index (χ2v) is 6.09. The van der Waals surface area contributed by atoms with E-state index in [0.29, 0.717) is 23.3 Å². The van der Waals surface area contributed by atoms with Crippen LogP contribution in [0.2, 0.25) is 0 Å². The fourth-order valence-corrected chi connectivity index (χ4v) is 3.37. The minimum atomic E-state index is -0.0770. The van der Waals surface area contributed by atoms with Gasteiger partial charge in [-0.1, -0.05) is 30.3 Å². The van der Waals surface area contributed by atoms with Gasteiger partial charge in [-0.3, -0.25) is 4.79 Å². The minimum Gasteiger partial charge on any atom is -0.457 e. The van der Waals surface area contributed by atoms with Crippen molar-refractivity contribution in [3.63, 3.8) is 0 Å². The fourth-order valence-electron chi connectivity index (χ4n) is 3.37. The Bertz CT molecular complexity index is 701. The first kappa shape index (κ1) is 14.3. The number of carbonyl (C=O) groups is 1. The van der Waals surface area contributed by atoms with Gasteiger partial charge in [-0.2, -0.15) is 0 Å². The Morgan fingerprint density at radius 3 is 2.70 bits per heavy atom. The second kappa shape index (κ2) is 6.05. The molecule has 0 spiro atoms. The maximum absolute atomic E-state index is 12.6. The van der Waals surface area contributed by atoms with Gasteiger partial charge in [0.2, 0.25) is 0 Å². The quantitative estimate of drug-likeness (QED) is 0.942. The van der Waals surface area contributed by atoms with Crippen LogP contribution in [0.3, 0.4) is 0 Å². The Hall–Kier alpha value is -2.33. The number of rotatable bonds is 4. The van der Waals surface area contributed by atoms with Gasteiger partial charge in [0.05, 0.1) is 11.7 Å². The number of fused-ring (bicyclic) bond motifs is 1. The lowest BCUT2D eigenvalue weighted by Crippen LogP contribution is -2.53. The SMILES string of the molecule is O=C(N[C@@H]1C[C@H]2OCC[C@@H]12)c1ccccc1Oc1ccccc1. The van der Waals surface area contributed by atoms with E-state index in [1.54, 1.807) is 6.07 Å². The molecule has 1 saturated carbocycles. The number of carbonyl (C=O) groups excluding carboxylic acids is 1. The van der Waals surface area contributed by atoms with Gasteiger partial charge in [-0.15, -0.1) is 0 Å². The smallest absolute Gasteiger partial charge is 0.255 e. The van der Waals surface area contributed by atoms with Crippen LogP contribution in [0.15, 0.2) is 54.6 Å². The summed E-state index contributed by atoms with van der Waals surface area (Å²) in [7, 11) is 0. The predicted octanol–water partition coefficient (Wildman–Crippen LogP) is 3.39. The van der Waals surface area contributed by atoms with E-state index in [-0.39, 0.29) is 11.9 Å². The van der Waals surface area contributed by atoms with Crippen molar-refractivity contribution in [2.24, 2.45) is 5.92 Å². The average Bonchev–Trinajstić information content (AvgIpc) is 2.95. The van der Waals surface area contributed by atoms with E-state index in [9.17, 15) is 4.79 Å². The number of hydrogen-bond donors (Lipinski definition) is 1. The molecule has 1 heterocycles. The van der Waals surface area contributed by atoms with Crippen LogP contribution < -0.4 is 10.1 Å². The van der Waals surface area contributed by atoms with E-state index in [0.717, 1.165) is 25.2 Å². The van der Waals surface area contributed by atoms with E-state index in [4.69, 9.17) is 9.47 Å². The van der Waals surface area contributed by atoms with Crippen molar-refractivity contribution in [1.82, 2.24) is 5.32 Å². The largest absolute Gasteiger partial charge is 0.457 e. The van der Waals surface area contributed by atoms with Gasteiger partial charge in [0.15, 0.2) is 0 Å². The molecule has 23 heavy (non-hydrogen) atoms. The number of benzene rings is 2. The van der Waals surface area contributed by atoms with Crippen LogP contribution in [-0.2, 0) is 4.74 Å². The first-order valence-electron chi connectivity index (χ1n) is 8.05. The first-order chi connectivity index (χ1) is 11.3. The Kier molecular flexibility index (Phi) is 3.75. The summed E-state index contributed by atoms with van der Waals surface area (Å²) >= 11 is 0. The van der Waals surface area contributed by atoms with E-state index in [1.165, 1.54) is 0 Å². The van der Waals surface area contributed by atoms with Gasteiger partial charge in [0.1, 0.15) is 11.5 Å². The lowest BCUT2D eigenvalue weighted by atomic mass is 9.76. The highest BCUT2D eigenvalue weighted by atomic mass is 16.5. The van der Waals surface area contributed by atoms with Gasteiger partial charge >= 0.3 is 0 Å². The van der Waals surface area contributed by atoms with Crippen LogP contribution in [0.5, 0.6) is 11.5 Å². The Morgan fingerprint density at radius 1 is 1.09 bits per heavy atom. The number of ether oxygens (including phenoxy) is 2. The Morgan fingerprint density at radius 2 is 1.87 bits per heavy atom. The van der Waals surface area contributed by atoms with Crippen LogP contribution in [0.25, 0.3) is 0 Å². The summed E-state index contributed by atoms with van der Waals surface area (Å²) in [6.45, 7) is 0.815. The summed E-state index contributed by atoms with van der Waals surface area (Å²) in [5.74, 6) is 1.70. The zero-order chi connectivity index (χ0) is 15.6. The molecule has 0 unspecified atom stereocenters. The molecule has 118 valence electrons. The van der Waals surface area contributed by atoms with Gasteiger partial charge in [0.25, 0.3) is 5.91 Å². The molecule has 1 N–H and O–H groups in total. The summed E-state index contributed by atoms with van der Waals surface area (Å²) in [6, 6.07) is 17.1. The van der Waals surface area contributed by atoms with Gasteiger partial charge in [0, 0.05) is 18.6 Å². The number of nitrogens with one attached hydrogen (secondary N) is 1. The highest BCUT2D eigenvalue weighted by molar-refractivity contribution is 5.97. The average molecular weight is 309 g/mol. The summed E-state index contributed by atoms with van der Waals surface area (Å²) in [5, 5.41) is 3.13. The zero-order valence-electron chi connectivity index (χ0n) is 12.8. The van der Waals surface area contributed by atoms with Crippen molar-refractivity contribution < 1.29 is 14.3 Å². The molecule has 3 atom stereocenters. The molecule has 4 rings (SSSR count). The molecule has 2 aromatic rings. The van der Waals surface area contributed by atoms with Crippen molar-refractivity contribution >= 4 is 5.91 Å². The van der Waals surface area contributed by atoms with Crippen LogP contribution in [0, 0.1) is 5.92 Å². The monoisotopic (exact) mass is 309 g/mol. The molecule has 1 aliphatic heterocycles. The van der Waals surface area contributed by atoms with Crippen LogP contribution in [0.4, 0.5) is 0 Å². The molecular weight excluding hydrogens is 290 g/mol. The second-order valence-electron chi connectivity index (χ2n) is 6.09. The van der Waals surface area contributed by atoms with Crippen LogP contribution in [-0.4, -0.2) is 24.7 Å². The topological polar surface area (TPSA) is 47.6 Å². The lowest BCUT2D eigenvalue weighted by Gasteiger charge is -2.39. The van der Waals surface area contributed by atoms with Gasteiger partial charge < -0.3 is 14.8 Å². The summed E-state index contributed by atoms with van der Waals surface area (Å²) in [6.07, 6.45) is 2.30. The molecule has 4 nitrogen and oxygen atoms in total. The van der Waals surface area contributed by atoms with Gasteiger partial charge in [-0.25, -0.2) is 0 Å². The van der Waals surface area contributed by atoms with Gasteiger partial charge in [-0.05, 0) is 37.1 Å². The van der Waals surface area contributed by atoms with E-state index in [2.05, 4.69) is 5.32 Å². The molecule has 0 aromatic heterocycles. The lowest BCUT2D eigenvalue weighted by molar-refractivity contribution is 0.00807. The van der Waals surface area contributed by atoms with E-state index >= 15 is 0 Å². The normalized spacial score (nSPS) is 25.3. The van der Waals surface area contributed by atoms with Crippen molar-refractivity contribution in [3.05, 3.63) is 60.2 Å².